The highest BCUT2D eigenvalue weighted by Gasteiger charge is 2.34. The predicted octanol–water partition coefficient (Wildman–Crippen LogP) is 3.36. The number of rotatable bonds is 6. The van der Waals surface area contributed by atoms with E-state index in [9.17, 15) is 4.79 Å². The van der Waals surface area contributed by atoms with Crippen molar-refractivity contribution in [1.29, 1.82) is 0 Å². The molecule has 7 heteroatoms. The van der Waals surface area contributed by atoms with Crippen molar-refractivity contribution in [3.63, 3.8) is 0 Å². The van der Waals surface area contributed by atoms with Gasteiger partial charge in [-0.15, -0.1) is 0 Å². The highest BCUT2D eigenvalue weighted by atomic mass is 16.2. The number of pyridine rings is 1. The summed E-state index contributed by atoms with van der Waals surface area (Å²) in [4.78, 5) is 23.5. The van der Waals surface area contributed by atoms with Crippen molar-refractivity contribution in [3.8, 4) is 0 Å². The lowest BCUT2D eigenvalue weighted by atomic mass is 9.99. The smallest absolute Gasteiger partial charge is 0.226 e. The van der Waals surface area contributed by atoms with Crippen LogP contribution in [0.3, 0.4) is 0 Å². The molecule has 4 heterocycles. The van der Waals surface area contributed by atoms with Gasteiger partial charge in [0, 0.05) is 32.0 Å². The summed E-state index contributed by atoms with van der Waals surface area (Å²) in [7, 11) is 0. The first-order valence-electron chi connectivity index (χ1n) is 10.7. The zero-order valence-electron chi connectivity index (χ0n) is 17.8. The molecular weight excluding hydrogens is 400 g/mol. The maximum absolute atomic E-state index is 12.5. The fraction of sp³-hybridized carbons (Fsp3) is 0.200. The summed E-state index contributed by atoms with van der Waals surface area (Å²) in [6.07, 6.45) is 9.28. The molecule has 160 valence electrons. The van der Waals surface area contributed by atoms with Gasteiger partial charge in [0.2, 0.25) is 5.91 Å². The summed E-state index contributed by atoms with van der Waals surface area (Å²) >= 11 is 0. The standard InChI is InChI=1S/C25H24N6O/c1-18-5-7-19(8-6-18)13-27-25(32)21-15-30(16-21)24-23-12-20(14-31(23)29-17-28-24)9-10-22-4-2-3-11-26-22/h2-12,14,17,21H,13,15-16H2,1H3,(H,27,32). The molecule has 1 fully saturated rings. The molecule has 1 saturated heterocycles. The number of carbonyl (C=O) groups is 1. The maximum atomic E-state index is 12.5. The summed E-state index contributed by atoms with van der Waals surface area (Å²) in [6, 6.07) is 16.1. The Bertz CT molecular complexity index is 1260. The zero-order valence-corrected chi connectivity index (χ0v) is 17.8. The quantitative estimate of drug-likeness (QED) is 0.514. The second kappa shape index (κ2) is 8.63. The number of hydrogen-bond donors (Lipinski definition) is 1. The van der Waals surface area contributed by atoms with Crippen LogP contribution in [-0.4, -0.2) is 38.6 Å². The molecular formula is C25H24N6O. The molecule has 4 aromatic rings. The van der Waals surface area contributed by atoms with Crippen LogP contribution in [0.2, 0.25) is 0 Å². The maximum Gasteiger partial charge on any atom is 0.226 e. The Morgan fingerprint density at radius 3 is 2.75 bits per heavy atom. The first-order chi connectivity index (χ1) is 15.7. The van der Waals surface area contributed by atoms with Crippen molar-refractivity contribution in [1.82, 2.24) is 24.9 Å². The Kier molecular flexibility index (Phi) is 5.37. The van der Waals surface area contributed by atoms with Gasteiger partial charge < -0.3 is 10.2 Å². The molecule has 7 nitrogen and oxygen atoms in total. The van der Waals surface area contributed by atoms with E-state index in [-0.39, 0.29) is 11.8 Å². The number of carbonyl (C=O) groups excluding carboxylic acids is 1. The van der Waals surface area contributed by atoms with E-state index >= 15 is 0 Å². The molecule has 5 rings (SSSR count). The van der Waals surface area contributed by atoms with Crippen molar-refractivity contribution < 1.29 is 4.79 Å². The third-order valence-corrected chi connectivity index (χ3v) is 5.68. The number of aromatic nitrogens is 4. The first-order valence-corrected chi connectivity index (χ1v) is 10.7. The van der Waals surface area contributed by atoms with Gasteiger partial charge in [-0.25, -0.2) is 9.50 Å². The van der Waals surface area contributed by atoms with E-state index < -0.39 is 0 Å². The normalized spacial score (nSPS) is 14.1. The van der Waals surface area contributed by atoms with E-state index in [1.165, 1.54) is 5.56 Å². The first kappa shape index (κ1) is 19.9. The van der Waals surface area contributed by atoms with Crippen molar-refractivity contribution in [2.75, 3.05) is 18.0 Å². The van der Waals surface area contributed by atoms with Gasteiger partial charge in [0.05, 0.1) is 11.6 Å². The Morgan fingerprint density at radius 2 is 1.97 bits per heavy atom. The van der Waals surface area contributed by atoms with Gasteiger partial charge in [0.1, 0.15) is 11.8 Å². The number of amides is 1. The zero-order chi connectivity index (χ0) is 21.9. The number of benzene rings is 1. The molecule has 32 heavy (non-hydrogen) atoms. The largest absolute Gasteiger partial charge is 0.353 e. The average molecular weight is 425 g/mol. The lowest BCUT2D eigenvalue weighted by molar-refractivity contribution is -0.125. The number of anilines is 1. The summed E-state index contributed by atoms with van der Waals surface area (Å²) in [5, 5.41) is 7.38. The van der Waals surface area contributed by atoms with Gasteiger partial charge in [0.15, 0.2) is 5.82 Å². The van der Waals surface area contributed by atoms with Crippen molar-refractivity contribution >= 4 is 29.4 Å². The van der Waals surface area contributed by atoms with E-state index in [0.717, 1.165) is 28.2 Å². The van der Waals surface area contributed by atoms with E-state index in [1.807, 2.05) is 53.2 Å². The topological polar surface area (TPSA) is 75.4 Å². The Hall–Kier alpha value is -4.00. The van der Waals surface area contributed by atoms with Crippen LogP contribution >= 0.6 is 0 Å². The number of hydrogen-bond acceptors (Lipinski definition) is 5. The Balaban J connectivity index is 1.23. The molecule has 0 radical (unpaired) electrons. The lowest BCUT2D eigenvalue weighted by Crippen LogP contribution is -2.54. The minimum atomic E-state index is -0.0334. The van der Waals surface area contributed by atoms with Crippen LogP contribution in [0.4, 0.5) is 5.82 Å². The lowest BCUT2D eigenvalue weighted by Gasteiger charge is -2.39. The molecule has 0 aliphatic carbocycles. The molecule has 0 spiro atoms. The molecule has 0 atom stereocenters. The van der Waals surface area contributed by atoms with Crippen LogP contribution in [-0.2, 0) is 11.3 Å². The second-order valence-corrected chi connectivity index (χ2v) is 8.08. The van der Waals surface area contributed by atoms with E-state index in [2.05, 4.69) is 50.4 Å². The average Bonchev–Trinajstić information content (AvgIpc) is 3.21. The summed E-state index contributed by atoms with van der Waals surface area (Å²) < 4.78 is 1.82. The van der Waals surface area contributed by atoms with E-state index in [0.29, 0.717) is 19.6 Å². The van der Waals surface area contributed by atoms with Crippen molar-refractivity contribution in [3.05, 3.63) is 89.6 Å². The molecule has 1 aliphatic heterocycles. The molecule has 0 bridgehead atoms. The minimum absolute atomic E-state index is 0.0334. The summed E-state index contributed by atoms with van der Waals surface area (Å²) in [5.41, 5.74) is 5.16. The summed E-state index contributed by atoms with van der Waals surface area (Å²) in [5.74, 6) is 0.898. The number of nitrogens with one attached hydrogen (secondary N) is 1. The molecule has 0 saturated carbocycles. The van der Waals surface area contributed by atoms with Crippen LogP contribution in [0, 0.1) is 12.8 Å². The van der Waals surface area contributed by atoms with Gasteiger partial charge >= 0.3 is 0 Å². The summed E-state index contributed by atoms with van der Waals surface area (Å²) in [6.45, 7) is 3.91. The molecule has 1 amide bonds. The van der Waals surface area contributed by atoms with Crippen LogP contribution < -0.4 is 10.2 Å². The highest BCUT2D eigenvalue weighted by molar-refractivity contribution is 5.83. The van der Waals surface area contributed by atoms with Crippen LogP contribution in [0.1, 0.15) is 22.4 Å². The fourth-order valence-corrected chi connectivity index (χ4v) is 3.78. The SMILES string of the molecule is Cc1ccc(CNC(=O)C2CN(c3ncnn4cc(C=Cc5ccccn5)cc34)C2)cc1. The van der Waals surface area contributed by atoms with Gasteiger partial charge in [-0.3, -0.25) is 9.78 Å². The molecule has 1 aromatic carbocycles. The van der Waals surface area contributed by atoms with Crippen molar-refractivity contribution in [2.24, 2.45) is 5.92 Å². The molecule has 1 N–H and O–H groups in total. The number of nitrogens with zero attached hydrogens (tertiary/aromatic N) is 5. The Labute approximate surface area is 186 Å². The van der Waals surface area contributed by atoms with Gasteiger partial charge in [-0.05, 0) is 42.3 Å². The van der Waals surface area contributed by atoms with Crippen molar-refractivity contribution in [2.45, 2.75) is 13.5 Å². The van der Waals surface area contributed by atoms with Gasteiger partial charge in [0.25, 0.3) is 0 Å². The minimum Gasteiger partial charge on any atom is -0.353 e. The molecule has 0 unspecified atom stereocenters. The highest BCUT2D eigenvalue weighted by Crippen LogP contribution is 2.28. The van der Waals surface area contributed by atoms with E-state index in [4.69, 9.17) is 0 Å². The fourth-order valence-electron chi connectivity index (χ4n) is 3.78. The van der Waals surface area contributed by atoms with Crippen LogP contribution in [0.25, 0.3) is 17.7 Å². The Morgan fingerprint density at radius 1 is 1.12 bits per heavy atom. The molecule has 1 aliphatic rings. The van der Waals surface area contributed by atoms with Gasteiger partial charge in [-0.1, -0.05) is 42.0 Å². The third-order valence-electron chi connectivity index (χ3n) is 5.68. The van der Waals surface area contributed by atoms with E-state index in [1.54, 1.807) is 12.5 Å². The monoisotopic (exact) mass is 424 g/mol. The third kappa shape index (κ3) is 4.23. The molecule has 3 aromatic heterocycles. The van der Waals surface area contributed by atoms with Gasteiger partial charge in [-0.2, -0.15) is 5.10 Å². The second-order valence-electron chi connectivity index (χ2n) is 8.08. The number of fused-ring (bicyclic) bond motifs is 1. The predicted molar refractivity (Wildman–Crippen MR) is 125 cm³/mol. The van der Waals surface area contributed by atoms with Crippen LogP contribution in [0.15, 0.2) is 67.3 Å². The van der Waals surface area contributed by atoms with Crippen LogP contribution in [0.5, 0.6) is 0 Å². The number of aryl methyl sites for hydroxylation is 1.